The largest absolute Gasteiger partial charge is 0.379 e. The molecule has 5 heteroatoms. The summed E-state index contributed by atoms with van der Waals surface area (Å²) in [5.41, 5.74) is 3.97. The van der Waals surface area contributed by atoms with E-state index in [0.29, 0.717) is 6.04 Å². The lowest BCUT2D eigenvalue weighted by molar-refractivity contribution is 0.592. The number of nitrogens with zero attached hydrogens (tertiary/aromatic N) is 3. The molecule has 2 N–H and O–H groups in total. The van der Waals surface area contributed by atoms with Gasteiger partial charge in [-0.2, -0.15) is 0 Å². The second kappa shape index (κ2) is 6.82. The lowest BCUT2D eigenvalue weighted by Gasteiger charge is -2.26. The Labute approximate surface area is 148 Å². The van der Waals surface area contributed by atoms with Gasteiger partial charge in [-0.3, -0.25) is 0 Å². The van der Waals surface area contributed by atoms with E-state index in [1.165, 1.54) is 25.7 Å². The molecule has 0 saturated heterocycles. The molecule has 4 rings (SSSR count). The molecule has 1 fully saturated rings. The van der Waals surface area contributed by atoms with Crippen LogP contribution in [-0.2, 0) is 6.54 Å². The van der Waals surface area contributed by atoms with Crippen LogP contribution < -0.4 is 5.32 Å². The number of fused-ring (bicyclic) bond motifs is 1. The minimum absolute atomic E-state index is 0.498. The third-order valence-corrected chi connectivity index (χ3v) is 5.32. The number of aromatic nitrogens is 3. The van der Waals surface area contributed by atoms with E-state index in [0.717, 1.165) is 53.6 Å². The highest BCUT2D eigenvalue weighted by Gasteiger charge is 2.28. The average Bonchev–Trinajstić information content (AvgIpc) is 3.31. The van der Waals surface area contributed by atoms with Gasteiger partial charge in [0.15, 0.2) is 11.6 Å². The first kappa shape index (κ1) is 16.1. The molecule has 0 bridgehead atoms. The van der Waals surface area contributed by atoms with Crippen LogP contribution in [0.1, 0.15) is 51.3 Å². The van der Waals surface area contributed by atoms with Crippen molar-refractivity contribution in [2.75, 3.05) is 0 Å². The maximum absolute atomic E-state index is 8.39. The van der Waals surface area contributed by atoms with Gasteiger partial charge in [0.25, 0.3) is 0 Å². The molecule has 0 amide bonds. The molecule has 2 aromatic rings. The van der Waals surface area contributed by atoms with Crippen molar-refractivity contribution in [3.05, 3.63) is 41.7 Å². The first-order valence-corrected chi connectivity index (χ1v) is 9.34. The topological polar surface area (TPSA) is 66.6 Å². The Kier molecular flexibility index (Phi) is 4.38. The van der Waals surface area contributed by atoms with E-state index in [9.17, 15) is 0 Å². The molecule has 0 atom stereocenters. The van der Waals surface area contributed by atoms with E-state index in [2.05, 4.69) is 39.1 Å². The molecule has 0 spiro atoms. The monoisotopic (exact) mass is 335 g/mol. The van der Waals surface area contributed by atoms with Crippen LogP contribution in [-0.4, -0.2) is 26.5 Å². The first-order valence-electron chi connectivity index (χ1n) is 9.34. The van der Waals surface area contributed by atoms with Crippen molar-refractivity contribution < 1.29 is 0 Å². The van der Waals surface area contributed by atoms with Crippen molar-refractivity contribution in [1.29, 1.82) is 5.41 Å². The molecule has 1 aromatic carbocycles. The minimum atomic E-state index is 0.498. The van der Waals surface area contributed by atoms with Crippen molar-refractivity contribution in [1.82, 2.24) is 20.1 Å². The molecule has 2 aliphatic rings. The molecule has 1 saturated carbocycles. The molecular weight excluding hydrogens is 310 g/mol. The number of hydrogen-bond acceptors (Lipinski definition) is 4. The van der Waals surface area contributed by atoms with E-state index >= 15 is 0 Å². The summed E-state index contributed by atoms with van der Waals surface area (Å²) in [5.74, 6) is 1.81. The van der Waals surface area contributed by atoms with Crippen molar-refractivity contribution in [3.63, 3.8) is 0 Å². The van der Waals surface area contributed by atoms with Gasteiger partial charge in [0.1, 0.15) is 0 Å². The molecule has 130 valence electrons. The van der Waals surface area contributed by atoms with Gasteiger partial charge in [0.2, 0.25) is 0 Å². The zero-order valence-corrected chi connectivity index (χ0v) is 14.8. The Morgan fingerprint density at radius 2 is 1.88 bits per heavy atom. The van der Waals surface area contributed by atoms with E-state index < -0.39 is 0 Å². The van der Waals surface area contributed by atoms with Crippen molar-refractivity contribution in [2.24, 2.45) is 0 Å². The summed E-state index contributed by atoms with van der Waals surface area (Å²) in [6, 6.07) is 10.7. The summed E-state index contributed by atoms with van der Waals surface area (Å²) in [7, 11) is 0. The molecule has 1 aliphatic carbocycles. The van der Waals surface area contributed by atoms with Crippen LogP contribution in [0, 0.1) is 5.41 Å². The quantitative estimate of drug-likeness (QED) is 0.811. The maximum atomic E-state index is 8.39. The Bertz CT molecular complexity index is 797. The number of hydrogen-bond donors (Lipinski definition) is 2. The van der Waals surface area contributed by atoms with Crippen LogP contribution in [0.5, 0.6) is 0 Å². The lowest BCUT2D eigenvalue weighted by atomic mass is 9.98. The molecule has 0 radical (unpaired) electrons. The predicted octanol–water partition coefficient (Wildman–Crippen LogP) is 4.02. The van der Waals surface area contributed by atoms with Crippen LogP contribution in [0.15, 0.2) is 35.9 Å². The van der Waals surface area contributed by atoms with E-state index in [1.807, 2.05) is 18.2 Å². The molecule has 25 heavy (non-hydrogen) atoms. The van der Waals surface area contributed by atoms with Crippen LogP contribution in [0.25, 0.3) is 17.1 Å². The maximum Gasteiger partial charge on any atom is 0.180 e. The highest BCUT2D eigenvalue weighted by atomic mass is 15.3. The standard InChI is InChI=1S/C20H25N5/c1-2-17(21)16-12-13-25-19(14-8-4-3-5-9-14)23-24-20(25)18(16)22-15-10-6-7-11-15/h3-5,8-9,15,21-22H,2,6-7,10-13H2,1H3. The number of allylic oxidation sites excluding steroid dienone is 1. The second-order valence-corrected chi connectivity index (χ2v) is 6.93. The Morgan fingerprint density at radius 3 is 2.60 bits per heavy atom. The van der Waals surface area contributed by atoms with Crippen LogP contribution in [0.2, 0.25) is 0 Å². The fraction of sp³-hybridized carbons (Fsp3) is 0.450. The predicted molar refractivity (Wildman–Crippen MR) is 100 cm³/mol. The van der Waals surface area contributed by atoms with Crippen LogP contribution in [0.3, 0.4) is 0 Å². The van der Waals surface area contributed by atoms with Crippen LogP contribution in [0.4, 0.5) is 0 Å². The van der Waals surface area contributed by atoms with E-state index in [4.69, 9.17) is 5.41 Å². The highest BCUT2D eigenvalue weighted by molar-refractivity contribution is 6.04. The number of benzene rings is 1. The normalized spacial score (nSPS) is 17.6. The third-order valence-electron chi connectivity index (χ3n) is 5.32. The molecular formula is C20H25N5. The molecule has 1 aromatic heterocycles. The van der Waals surface area contributed by atoms with Gasteiger partial charge >= 0.3 is 0 Å². The molecule has 5 nitrogen and oxygen atoms in total. The van der Waals surface area contributed by atoms with Gasteiger partial charge in [-0.05, 0) is 25.7 Å². The van der Waals surface area contributed by atoms with Crippen molar-refractivity contribution in [3.8, 4) is 11.4 Å². The van der Waals surface area contributed by atoms with Gasteiger partial charge in [-0.15, -0.1) is 10.2 Å². The summed E-state index contributed by atoms with van der Waals surface area (Å²) in [6.45, 7) is 2.89. The van der Waals surface area contributed by atoms with Gasteiger partial charge in [0.05, 0.1) is 5.70 Å². The summed E-state index contributed by atoms with van der Waals surface area (Å²) in [5, 5.41) is 21.1. The second-order valence-electron chi connectivity index (χ2n) is 6.93. The van der Waals surface area contributed by atoms with E-state index in [-0.39, 0.29) is 0 Å². The molecule has 0 unspecified atom stereocenters. The number of nitrogens with one attached hydrogen (secondary N) is 2. The highest BCUT2D eigenvalue weighted by Crippen LogP contribution is 2.31. The van der Waals surface area contributed by atoms with Gasteiger partial charge < -0.3 is 15.3 Å². The summed E-state index contributed by atoms with van der Waals surface area (Å²) < 4.78 is 2.21. The van der Waals surface area contributed by atoms with Crippen LogP contribution >= 0.6 is 0 Å². The van der Waals surface area contributed by atoms with Gasteiger partial charge in [-0.25, -0.2) is 0 Å². The minimum Gasteiger partial charge on any atom is -0.379 e. The summed E-state index contributed by atoms with van der Waals surface area (Å²) in [4.78, 5) is 0. The van der Waals surface area contributed by atoms with Crippen molar-refractivity contribution >= 4 is 11.4 Å². The Morgan fingerprint density at radius 1 is 1.16 bits per heavy atom. The Hall–Kier alpha value is -2.43. The first-order chi connectivity index (χ1) is 12.3. The zero-order valence-electron chi connectivity index (χ0n) is 14.8. The molecule has 2 heterocycles. The average molecular weight is 335 g/mol. The molecule has 1 aliphatic heterocycles. The SMILES string of the molecule is CCC(=N)C1=C(NC2CCCC2)c2nnc(-c3ccccc3)n2CC1. The Balaban J connectivity index is 1.76. The van der Waals surface area contributed by atoms with Crippen molar-refractivity contribution in [2.45, 2.75) is 58.0 Å². The fourth-order valence-corrected chi connectivity index (χ4v) is 3.93. The smallest absolute Gasteiger partial charge is 0.180 e. The third kappa shape index (κ3) is 2.99. The van der Waals surface area contributed by atoms with E-state index in [1.54, 1.807) is 0 Å². The number of rotatable bonds is 5. The fourth-order valence-electron chi connectivity index (χ4n) is 3.93. The summed E-state index contributed by atoms with van der Waals surface area (Å²) in [6.07, 6.45) is 6.60. The lowest BCUT2D eigenvalue weighted by Crippen LogP contribution is -2.31. The zero-order chi connectivity index (χ0) is 17.2. The van der Waals surface area contributed by atoms with Gasteiger partial charge in [-0.1, -0.05) is 50.1 Å². The van der Waals surface area contributed by atoms with Gasteiger partial charge in [0, 0.05) is 29.4 Å². The summed E-state index contributed by atoms with van der Waals surface area (Å²) >= 11 is 0.